The van der Waals surface area contributed by atoms with Crippen LogP contribution in [0.4, 0.5) is 23.7 Å². The first-order chi connectivity index (χ1) is 13.5. The summed E-state index contributed by atoms with van der Waals surface area (Å²) in [7, 11) is 1.63. The largest absolute Gasteiger partial charge is 0.383 e. The fourth-order valence-electron chi connectivity index (χ4n) is 2.87. The summed E-state index contributed by atoms with van der Waals surface area (Å²) in [5.74, 6) is -4.32. The van der Waals surface area contributed by atoms with Gasteiger partial charge in [0.15, 0.2) is 17.5 Å². The Morgan fingerprint density at radius 2 is 2.00 bits per heavy atom. The number of amides is 2. The van der Waals surface area contributed by atoms with Crippen molar-refractivity contribution in [2.24, 2.45) is 0 Å². The summed E-state index contributed by atoms with van der Waals surface area (Å²) < 4.78 is 46.4. The lowest BCUT2D eigenvalue weighted by Gasteiger charge is -2.08. The van der Waals surface area contributed by atoms with Gasteiger partial charge in [0, 0.05) is 55.8 Å². The zero-order valence-electron chi connectivity index (χ0n) is 15.1. The van der Waals surface area contributed by atoms with Gasteiger partial charge in [0.1, 0.15) is 5.65 Å². The number of fused-ring (bicyclic) bond motifs is 1. The van der Waals surface area contributed by atoms with Crippen LogP contribution in [0.1, 0.15) is 5.56 Å². The highest BCUT2D eigenvalue weighted by molar-refractivity contribution is 5.89. The van der Waals surface area contributed by atoms with E-state index in [9.17, 15) is 18.0 Å². The van der Waals surface area contributed by atoms with E-state index < -0.39 is 23.5 Å². The van der Waals surface area contributed by atoms with Crippen molar-refractivity contribution in [1.82, 2.24) is 14.9 Å². The molecule has 0 unspecified atom stereocenters. The number of nitrogens with zero attached hydrogens (tertiary/aromatic N) is 2. The van der Waals surface area contributed by atoms with Gasteiger partial charge in [-0.1, -0.05) is 0 Å². The summed E-state index contributed by atoms with van der Waals surface area (Å²) >= 11 is 0. The Hall–Kier alpha value is -3.07. The van der Waals surface area contributed by atoms with E-state index in [1.54, 1.807) is 13.3 Å². The maximum atomic E-state index is 13.2. The average Bonchev–Trinajstić information content (AvgIpc) is 3.02. The van der Waals surface area contributed by atoms with Crippen LogP contribution in [0.5, 0.6) is 0 Å². The molecule has 0 spiro atoms. The third kappa shape index (κ3) is 4.42. The third-order valence-electron chi connectivity index (χ3n) is 4.17. The summed E-state index contributed by atoms with van der Waals surface area (Å²) in [6.45, 7) is 1.49. The minimum atomic E-state index is -1.58. The molecule has 0 bridgehead atoms. The minimum absolute atomic E-state index is 0.172. The zero-order chi connectivity index (χ0) is 20.1. The van der Waals surface area contributed by atoms with E-state index in [1.807, 2.05) is 22.9 Å². The lowest BCUT2D eigenvalue weighted by atomic mass is 10.1. The Bertz CT molecular complexity index is 967. The summed E-state index contributed by atoms with van der Waals surface area (Å²) in [6.07, 6.45) is 4.20. The van der Waals surface area contributed by atoms with Crippen molar-refractivity contribution in [1.29, 1.82) is 0 Å². The smallest absolute Gasteiger partial charge is 0.319 e. The molecule has 0 aliphatic rings. The molecule has 0 saturated heterocycles. The summed E-state index contributed by atoms with van der Waals surface area (Å²) in [4.78, 5) is 16.3. The van der Waals surface area contributed by atoms with E-state index in [0.29, 0.717) is 31.7 Å². The molecule has 28 heavy (non-hydrogen) atoms. The number of aromatic nitrogens is 2. The lowest BCUT2D eigenvalue weighted by molar-refractivity contribution is 0.188. The molecule has 0 aliphatic heterocycles. The Morgan fingerprint density at radius 1 is 1.25 bits per heavy atom. The molecule has 9 heteroatoms. The van der Waals surface area contributed by atoms with Crippen LogP contribution in [0.3, 0.4) is 0 Å². The van der Waals surface area contributed by atoms with Gasteiger partial charge in [-0.2, -0.15) is 0 Å². The molecule has 2 heterocycles. The first kappa shape index (κ1) is 19.7. The predicted octanol–water partition coefficient (Wildman–Crippen LogP) is 3.46. The lowest BCUT2D eigenvalue weighted by Crippen LogP contribution is -2.30. The number of nitrogens with one attached hydrogen (secondary N) is 2. The molecule has 1 aromatic carbocycles. The van der Waals surface area contributed by atoms with Crippen LogP contribution >= 0.6 is 0 Å². The summed E-state index contributed by atoms with van der Waals surface area (Å²) in [5, 5.41) is 5.86. The molecule has 0 radical (unpaired) electrons. The normalized spacial score (nSPS) is 11.0. The highest BCUT2D eigenvalue weighted by Gasteiger charge is 2.13. The number of pyridine rings is 1. The second-order valence-electron chi connectivity index (χ2n) is 6.10. The number of carbonyl (C=O) groups excluding carboxylic acids is 1. The van der Waals surface area contributed by atoms with Gasteiger partial charge in [0.2, 0.25) is 0 Å². The van der Waals surface area contributed by atoms with Gasteiger partial charge in [-0.3, -0.25) is 0 Å². The topological polar surface area (TPSA) is 68.2 Å². The van der Waals surface area contributed by atoms with E-state index in [-0.39, 0.29) is 12.2 Å². The van der Waals surface area contributed by atoms with Crippen molar-refractivity contribution >= 4 is 22.8 Å². The second kappa shape index (κ2) is 8.75. The number of rotatable bonds is 7. The molecule has 2 N–H and O–H groups in total. The van der Waals surface area contributed by atoms with Gasteiger partial charge in [0.05, 0.1) is 6.61 Å². The Kier molecular flexibility index (Phi) is 6.15. The molecule has 0 fully saturated rings. The number of ether oxygens (including phenoxy) is 1. The van der Waals surface area contributed by atoms with Gasteiger partial charge in [-0.25, -0.2) is 22.9 Å². The highest BCUT2D eigenvalue weighted by atomic mass is 19.2. The quantitative estimate of drug-likeness (QED) is 0.605. The number of methoxy groups -OCH3 is 1. The third-order valence-corrected chi connectivity index (χ3v) is 4.17. The number of benzene rings is 1. The Balaban J connectivity index is 1.61. The number of carbonyl (C=O) groups is 1. The van der Waals surface area contributed by atoms with Crippen molar-refractivity contribution < 1.29 is 22.7 Å². The van der Waals surface area contributed by atoms with Crippen LogP contribution < -0.4 is 10.6 Å². The molecule has 3 aromatic rings. The van der Waals surface area contributed by atoms with E-state index in [0.717, 1.165) is 16.6 Å². The number of urea groups is 1. The van der Waals surface area contributed by atoms with Gasteiger partial charge in [0.25, 0.3) is 0 Å². The molecule has 6 nitrogen and oxygen atoms in total. The molecule has 0 saturated carbocycles. The maximum absolute atomic E-state index is 13.2. The standard InChI is InChI=1S/C19H19F3N4O2/c1-28-8-7-26-11-12(14-3-2-5-23-18(14)26)4-6-24-19(27)25-13-9-15(20)17(22)16(21)10-13/h2-3,5,9-11H,4,6-8H2,1H3,(H2,24,25,27). The number of halogens is 3. The van der Waals surface area contributed by atoms with Crippen molar-refractivity contribution in [3.8, 4) is 0 Å². The summed E-state index contributed by atoms with van der Waals surface area (Å²) in [6, 6.07) is 4.57. The van der Waals surface area contributed by atoms with Gasteiger partial charge < -0.3 is 19.9 Å². The number of hydrogen-bond acceptors (Lipinski definition) is 3. The van der Waals surface area contributed by atoms with E-state index in [2.05, 4.69) is 15.6 Å². The second-order valence-corrected chi connectivity index (χ2v) is 6.10. The monoisotopic (exact) mass is 392 g/mol. The van der Waals surface area contributed by atoms with E-state index >= 15 is 0 Å². The average molecular weight is 392 g/mol. The Labute approximate surface area is 159 Å². The van der Waals surface area contributed by atoms with Crippen LogP contribution in [0, 0.1) is 17.5 Å². The minimum Gasteiger partial charge on any atom is -0.383 e. The first-order valence-corrected chi connectivity index (χ1v) is 8.60. The van der Waals surface area contributed by atoms with Crippen LogP contribution in [-0.4, -0.2) is 35.8 Å². The van der Waals surface area contributed by atoms with Crippen LogP contribution in [0.15, 0.2) is 36.7 Å². The van der Waals surface area contributed by atoms with Crippen LogP contribution in [-0.2, 0) is 17.7 Å². The van der Waals surface area contributed by atoms with Crippen molar-refractivity contribution in [2.45, 2.75) is 13.0 Å². The fourth-order valence-corrected chi connectivity index (χ4v) is 2.87. The molecule has 0 atom stereocenters. The van der Waals surface area contributed by atoms with Crippen LogP contribution in [0.25, 0.3) is 11.0 Å². The molecular formula is C19H19F3N4O2. The van der Waals surface area contributed by atoms with Gasteiger partial charge in [-0.05, 0) is 24.1 Å². The molecular weight excluding hydrogens is 373 g/mol. The molecule has 148 valence electrons. The maximum Gasteiger partial charge on any atom is 0.319 e. The number of hydrogen-bond donors (Lipinski definition) is 2. The van der Waals surface area contributed by atoms with Crippen molar-refractivity contribution in [2.75, 3.05) is 25.6 Å². The first-order valence-electron chi connectivity index (χ1n) is 8.60. The highest BCUT2D eigenvalue weighted by Crippen LogP contribution is 2.20. The fraction of sp³-hybridized carbons (Fsp3) is 0.263. The van der Waals surface area contributed by atoms with E-state index in [4.69, 9.17) is 4.74 Å². The SMILES string of the molecule is COCCn1cc(CCNC(=O)Nc2cc(F)c(F)c(F)c2)c2cccnc21. The molecule has 3 rings (SSSR count). The van der Waals surface area contributed by atoms with Crippen molar-refractivity contribution in [3.05, 3.63) is 59.7 Å². The number of anilines is 1. The van der Waals surface area contributed by atoms with Crippen molar-refractivity contribution in [3.63, 3.8) is 0 Å². The predicted molar refractivity (Wildman–Crippen MR) is 98.7 cm³/mol. The van der Waals surface area contributed by atoms with Crippen LogP contribution in [0.2, 0.25) is 0 Å². The van der Waals surface area contributed by atoms with E-state index in [1.165, 1.54) is 0 Å². The Morgan fingerprint density at radius 3 is 2.71 bits per heavy atom. The van der Waals surface area contributed by atoms with Gasteiger partial charge in [-0.15, -0.1) is 0 Å². The molecule has 2 amide bonds. The molecule has 0 aliphatic carbocycles. The summed E-state index contributed by atoms with van der Waals surface area (Å²) in [5.41, 5.74) is 1.66. The molecule has 2 aromatic heterocycles. The zero-order valence-corrected chi connectivity index (χ0v) is 15.1. The van der Waals surface area contributed by atoms with Gasteiger partial charge >= 0.3 is 6.03 Å².